The molecule has 0 bridgehead atoms. The molecule has 0 fully saturated rings. The topological polar surface area (TPSA) is 237 Å². The Kier molecular flexibility index (Phi) is 74.7. The molecule has 0 rings (SSSR count). The van der Waals surface area contributed by atoms with Crippen molar-refractivity contribution in [3.05, 3.63) is 0 Å². The smallest absolute Gasteiger partial charge is 0.462 e. The summed E-state index contributed by atoms with van der Waals surface area (Å²) >= 11 is 0. The molecule has 0 aromatic carbocycles. The highest BCUT2D eigenvalue weighted by atomic mass is 31.2. The molecule has 0 aromatic heterocycles. The van der Waals surface area contributed by atoms with Crippen LogP contribution in [0.15, 0.2) is 0 Å². The van der Waals surface area contributed by atoms with Gasteiger partial charge in [-0.2, -0.15) is 0 Å². The highest BCUT2D eigenvalue weighted by Crippen LogP contribution is 2.45. The van der Waals surface area contributed by atoms with E-state index in [1.54, 1.807) is 0 Å². The van der Waals surface area contributed by atoms with Crippen molar-refractivity contribution < 1.29 is 80.2 Å². The van der Waals surface area contributed by atoms with Crippen LogP contribution in [-0.4, -0.2) is 96.7 Å². The van der Waals surface area contributed by atoms with E-state index < -0.39 is 97.5 Å². The van der Waals surface area contributed by atoms with Crippen LogP contribution in [0.2, 0.25) is 0 Å². The minimum Gasteiger partial charge on any atom is -0.462 e. The van der Waals surface area contributed by atoms with E-state index in [1.165, 1.54) is 263 Å². The first-order chi connectivity index (χ1) is 50.8. The van der Waals surface area contributed by atoms with Crippen LogP contribution < -0.4 is 0 Å². The molecule has 0 heterocycles. The van der Waals surface area contributed by atoms with Gasteiger partial charge in [-0.05, 0) is 43.4 Å². The van der Waals surface area contributed by atoms with Crippen molar-refractivity contribution in [2.24, 2.45) is 17.8 Å². The highest BCUT2D eigenvalue weighted by Gasteiger charge is 2.30. The Hall–Kier alpha value is -1.94. The summed E-state index contributed by atoms with van der Waals surface area (Å²) in [5.41, 5.74) is 0. The summed E-state index contributed by atoms with van der Waals surface area (Å²) in [5.74, 6) is 0.248. The maximum atomic E-state index is 13.2. The van der Waals surface area contributed by atoms with Crippen molar-refractivity contribution in [3.8, 4) is 0 Å². The quantitative estimate of drug-likeness (QED) is 0.0222. The zero-order valence-electron chi connectivity index (χ0n) is 69.2. The molecule has 0 radical (unpaired) electrons. The third-order valence-corrected chi connectivity index (χ3v) is 22.4. The Balaban J connectivity index is 5.25. The number of unbranched alkanes of at least 4 members (excludes halogenated alkanes) is 51. The van der Waals surface area contributed by atoms with Crippen LogP contribution in [0.4, 0.5) is 0 Å². The van der Waals surface area contributed by atoms with E-state index in [0.717, 1.165) is 108 Å². The van der Waals surface area contributed by atoms with Crippen LogP contribution >= 0.6 is 15.6 Å². The average Bonchev–Trinajstić information content (AvgIpc) is 1.07. The van der Waals surface area contributed by atoms with Crippen LogP contribution in [0.1, 0.15) is 453 Å². The van der Waals surface area contributed by atoms with E-state index in [4.69, 9.17) is 37.0 Å². The minimum absolute atomic E-state index is 0.106. The van der Waals surface area contributed by atoms with E-state index in [1.807, 2.05) is 0 Å². The molecule has 6 atom stereocenters. The molecule has 19 heteroatoms. The number of ether oxygens (including phenoxy) is 4. The number of aliphatic hydroxyl groups is 1. The van der Waals surface area contributed by atoms with Crippen molar-refractivity contribution in [1.82, 2.24) is 0 Å². The van der Waals surface area contributed by atoms with Crippen LogP contribution in [0.3, 0.4) is 0 Å². The molecule has 0 saturated heterocycles. The molecule has 0 aliphatic heterocycles. The van der Waals surface area contributed by atoms with Gasteiger partial charge in [0.15, 0.2) is 12.2 Å². The first-order valence-corrected chi connectivity index (χ1v) is 47.4. The summed E-state index contributed by atoms with van der Waals surface area (Å²) in [5, 5.41) is 10.7. The fraction of sp³-hybridized carbons (Fsp3) is 0.953. The van der Waals surface area contributed by atoms with Gasteiger partial charge in [-0.25, -0.2) is 9.13 Å². The number of esters is 4. The zero-order valence-corrected chi connectivity index (χ0v) is 71.0. The van der Waals surface area contributed by atoms with Crippen molar-refractivity contribution in [2.75, 3.05) is 39.6 Å². The molecular weight excluding hydrogens is 1370 g/mol. The predicted molar refractivity (Wildman–Crippen MR) is 432 cm³/mol. The first-order valence-electron chi connectivity index (χ1n) is 44.4. The van der Waals surface area contributed by atoms with Crippen LogP contribution in [-0.2, 0) is 65.4 Å². The largest absolute Gasteiger partial charge is 0.472 e. The maximum absolute atomic E-state index is 13.2. The van der Waals surface area contributed by atoms with Gasteiger partial charge in [-0.1, -0.05) is 402 Å². The Labute approximate surface area is 645 Å². The number of phosphoric acid groups is 2. The van der Waals surface area contributed by atoms with Crippen LogP contribution in [0.25, 0.3) is 0 Å². The lowest BCUT2D eigenvalue weighted by Gasteiger charge is -2.21. The lowest BCUT2D eigenvalue weighted by molar-refractivity contribution is -0.161. The number of aliphatic hydroxyl groups excluding tert-OH is 1. The average molecular weight is 1540 g/mol. The molecule has 0 spiro atoms. The number of rotatable bonds is 84. The van der Waals surface area contributed by atoms with Gasteiger partial charge in [0.25, 0.3) is 0 Å². The van der Waals surface area contributed by atoms with Gasteiger partial charge >= 0.3 is 39.5 Å². The van der Waals surface area contributed by atoms with Crippen molar-refractivity contribution >= 4 is 39.5 Å². The predicted octanol–water partition coefficient (Wildman–Crippen LogP) is 26.1. The highest BCUT2D eigenvalue weighted by molar-refractivity contribution is 7.47. The Bertz CT molecular complexity index is 2030. The molecule has 0 aromatic rings. The van der Waals surface area contributed by atoms with E-state index >= 15 is 0 Å². The minimum atomic E-state index is -4.97. The third-order valence-electron chi connectivity index (χ3n) is 20.5. The van der Waals surface area contributed by atoms with Gasteiger partial charge in [0, 0.05) is 25.7 Å². The molecule has 3 N–H and O–H groups in total. The van der Waals surface area contributed by atoms with Crippen LogP contribution in [0, 0.1) is 17.8 Å². The lowest BCUT2D eigenvalue weighted by atomic mass is 9.99. The van der Waals surface area contributed by atoms with Crippen molar-refractivity contribution in [2.45, 2.75) is 471 Å². The van der Waals surface area contributed by atoms with Crippen molar-refractivity contribution in [1.29, 1.82) is 0 Å². The normalized spacial score (nSPS) is 14.1. The second-order valence-corrected chi connectivity index (χ2v) is 35.0. The fourth-order valence-electron chi connectivity index (χ4n) is 13.3. The first kappa shape index (κ1) is 103. The molecular formula is C86H168O17P2. The second-order valence-electron chi connectivity index (χ2n) is 32.1. The monoisotopic (exact) mass is 1540 g/mol. The molecule has 0 aliphatic rings. The summed E-state index contributed by atoms with van der Waals surface area (Å²) in [6.07, 6.45) is 66.6. The summed E-state index contributed by atoms with van der Waals surface area (Å²) in [4.78, 5) is 73.2. The van der Waals surface area contributed by atoms with E-state index in [0.29, 0.717) is 25.7 Å². The summed E-state index contributed by atoms with van der Waals surface area (Å²) in [6.45, 7) is 12.0. The van der Waals surface area contributed by atoms with E-state index in [9.17, 15) is 43.2 Å². The number of phosphoric ester groups is 2. The fourth-order valence-corrected chi connectivity index (χ4v) is 14.9. The van der Waals surface area contributed by atoms with Gasteiger partial charge in [0.2, 0.25) is 0 Å². The van der Waals surface area contributed by atoms with E-state index in [-0.39, 0.29) is 25.7 Å². The molecule has 3 unspecified atom stereocenters. The number of hydrogen-bond acceptors (Lipinski definition) is 15. The standard InChI is InChI=1S/C86H168O17P2/c1-8-10-11-12-13-14-15-16-17-18-19-20-21-22-25-29-32-40-48-55-62-69-85(90)102-81(73-96-83(88)67-60-53-46-39-31-28-26-23-24-27-30-36-43-50-57-64-77(3)4)75-100-104(92,93)98-71-80(87)72-99-105(94,95)101-76-82(74-97-84(89)68-61-54-47-42-35-37-44-51-58-65-78(5)6)103-86(91)70-63-56-49-41-34-33-38-45-52-59-66-79(7)9-2/h77-82,87H,8-76H2,1-7H3,(H,92,93)(H,94,95)/t79?,80-,81-,82-/m1/s1. The Morgan fingerprint density at radius 2 is 0.486 bits per heavy atom. The van der Waals surface area contributed by atoms with Gasteiger partial charge in [0.05, 0.1) is 26.4 Å². The number of carbonyl (C=O) groups is 4. The van der Waals surface area contributed by atoms with Gasteiger partial charge in [-0.15, -0.1) is 0 Å². The second kappa shape index (κ2) is 76.1. The Morgan fingerprint density at radius 1 is 0.276 bits per heavy atom. The van der Waals surface area contributed by atoms with Crippen molar-refractivity contribution in [3.63, 3.8) is 0 Å². The Morgan fingerprint density at radius 3 is 0.724 bits per heavy atom. The third kappa shape index (κ3) is 78.5. The summed E-state index contributed by atoms with van der Waals surface area (Å²) in [7, 11) is -9.93. The van der Waals surface area contributed by atoms with Crippen LogP contribution in [0.5, 0.6) is 0 Å². The molecule has 624 valence electrons. The number of carbonyl (C=O) groups excluding carboxylic acids is 4. The van der Waals surface area contributed by atoms with Gasteiger partial charge in [-0.3, -0.25) is 37.3 Å². The number of hydrogen-bond donors (Lipinski definition) is 3. The maximum Gasteiger partial charge on any atom is 0.472 e. The van der Waals surface area contributed by atoms with Gasteiger partial charge in [0.1, 0.15) is 19.3 Å². The van der Waals surface area contributed by atoms with E-state index in [2.05, 4.69) is 48.5 Å². The molecule has 0 amide bonds. The van der Waals surface area contributed by atoms with Gasteiger partial charge < -0.3 is 33.8 Å². The summed E-state index contributed by atoms with van der Waals surface area (Å²) < 4.78 is 68.9. The molecule has 0 saturated carbocycles. The molecule has 17 nitrogen and oxygen atoms in total. The summed E-state index contributed by atoms with van der Waals surface area (Å²) in [6, 6.07) is 0. The molecule has 0 aliphatic carbocycles. The SMILES string of the molecule is CCCCCCCCCCCCCCCCCCCCCCCC(=O)O[C@H](COC(=O)CCCCCCCCCCCCCCCCCC(C)C)COP(=O)(O)OC[C@@H](O)COP(=O)(O)OC[C@@H](COC(=O)CCCCCCCCCCCC(C)C)OC(=O)CCCCCCCCCCCCC(C)CC. The molecule has 105 heavy (non-hydrogen) atoms. The zero-order chi connectivity index (χ0) is 77.2. The lowest BCUT2D eigenvalue weighted by Crippen LogP contribution is -2.30.